The van der Waals surface area contributed by atoms with Gasteiger partial charge in [-0.05, 0) is 24.3 Å². The summed E-state index contributed by atoms with van der Waals surface area (Å²) < 4.78 is 41.4. The van der Waals surface area contributed by atoms with Gasteiger partial charge in [0.25, 0.3) is 0 Å². The largest absolute Gasteiger partial charge is 0.573 e. The van der Waals surface area contributed by atoms with Crippen molar-refractivity contribution in [1.29, 1.82) is 0 Å². The fourth-order valence-electron chi connectivity index (χ4n) is 3.09. The highest BCUT2D eigenvalue weighted by atomic mass is 19.4. The first-order chi connectivity index (χ1) is 14.8. The molecule has 156 valence electrons. The van der Waals surface area contributed by atoms with Gasteiger partial charge in [0, 0.05) is 28.1 Å². The first-order valence-electron chi connectivity index (χ1n) is 9.02. The molecule has 0 fully saturated rings. The second-order valence-corrected chi connectivity index (χ2v) is 6.53. The molecule has 6 nitrogen and oxygen atoms in total. The van der Waals surface area contributed by atoms with E-state index < -0.39 is 12.3 Å². The Morgan fingerprint density at radius 1 is 0.903 bits per heavy atom. The Balaban J connectivity index is 1.70. The molecular weight excluding hydrogens is 411 g/mol. The predicted molar refractivity (Wildman–Crippen MR) is 108 cm³/mol. The van der Waals surface area contributed by atoms with Gasteiger partial charge in [-0.25, -0.2) is 4.79 Å². The van der Waals surface area contributed by atoms with Crippen LogP contribution in [0.2, 0.25) is 0 Å². The van der Waals surface area contributed by atoms with Crippen LogP contribution in [0.1, 0.15) is 10.4 Å². The number of hydrogen-bond donors (Lipinski definition) is 2. The maximum Gasteiger partial charge on any atom is 0.573 e. The van der Waals surface area contributed by atoms with E-state index in [1.54, 1.807) is 30.3 Å². The standard InChI is InChI=1S/C22H14F3N3O3/c23-22(24,25)31-16-5-3-4-15(12-16)26-20-18-7-2-1-6-17(18)19(27-28-20)13-8-10-14(11-9-13)21(29)30/h1-12H,(H,26,28)(H,29,30). The van der Waals surface area contributed by atoms with E-state index >= 15 is 0 Å². The lowest BCUT2D eigenvalue weighted by molar-refractivity contribution is -0.274. The van der Waals surface area contributed by atoms with E-state index in [1.807, 2.05) is 12.1 Å². The molecule has 0 spiro atoms. The molecule has 0 aliphatic carbocycles. The number of carboxylic acids is 1. The van der Waals surface area contributed by atoms with Crippen molar-refractivity contribution in [2.45, 2.75) is 6.36 Å². The highest BCUT2D eigenvalue weighted by molar-refractivity contribution is 6.01. The number of alkyl halides is 3. The zero-order valence-electron chi connectivity index (χ0n) is 15.7. The third-order valence-corrected chi connectivity index (χ3v) is 4.42. The molecular formula is C22H14F3N3O3. The smallest absolute Gasteiger partial charge is 0.478 e. The average Bonchev–Trinajstić information content (AvgIpc) is 2.73. The number of carbonyl (C=O) groups is 1. The van der Waals surface area contributed by atoms with Gasteiger partial charge in [0.2, 0.25) is 0 Å². The van der Waals surface area contributed by atoms with Crippen molar-refractivity contribution >= 4 is 28.2 Å². The lowest BCUT2D eigenvalue weighted by atomic mass is 10.0. The second kappa shape index (κ2) is 7.94. The van der Waals surface area contributed by atoms with E-state index in [1.165, 1.54) is 30.3 Å². The third-order valence-electron chi connectivity index (χ3n) is 4.42. The van der Waals surface area contributed by atoms with E-state index in [0.29, 0.717) is 28.1 Å². The molecule has 3 aromatic carbocycles. The first-order valence-corrected chi connectivity index (χ1v) is 9.02. The summed E-state index contributed by atoms with van der Waals surface area (Å²) >= 11 is 0. The summed E-state index contributed by atoms with van der Waals surface area (Å²) in [6.45, 7) is 0. The first kappa shape index (κ1) is 20.1. The highest BCUT2D eigenvalue weighted by Gasteiger charge is 2.31. The van der Waals surface area contributed by atoms with E-state index in [4.69, 9.17) is 5.11 Å². The number of nitrogens with one attached hydrogen (secondary N) is 1. The summed E-state index contributed by atoms with van der Waals surface area (Å²) in [5.74, 6) is -1.03. The molecule has 4 rings (SSSR count). The van der Waals surface area contributed by atoms with E-state index in [0.717, 1.165) is 5.39 Å². The van der Waals surface area contributed by atoms with Gasteiger partial charge in [-0.15, -0.1) is 23.4 Å². The molecule has 31 heavy (non-hydrogen) atoms. The molecule has 0 atom stereocenters. The van der Waals surface area contributed by atoms with Crippen LogP contribution < -0.4 is 10.1 Å². The zero-order valence-corrected chi connectivity index (χ0v) is 15.7. The van der Waals surface area contributed by atoms with Crippen molar-refractivity contribution in [1.82, 2.24) is 10.2 Å². The highest BCUT2D eigenvalue weighted by Crippen LogP contribution is 2.32. The Morgan fingerprint density at radius 2 is 1.61 bits per heavy atom. The predicted octanol–water partition coefficient (Wildman–Crippen LogP) is 5.64. The molecule has 0 aliphatic rings. The number of halogens is 3. The van der Waals surface area contributed by atoms with Gasteiger partial charge in [-0.3, -0.25) is 0 Å². The minimum absolute atomic E-state index is 0.153. The Labute approximate surface area is 173 Å². The van der Waals surface area contributed by atoms with Gasteiger partial charge in [-0.1, -0.05) is 42.5 Å². The van der Waals surface area contributed by atoms with Crippen molar-refractivity contribution in [2.75, 3.05) is 5.32 Å². The van der Waals surface area contributed by atoms with Crippen LogP contribution in [0.4, 0.5) is 24.7 Å². The molecule has 4 aromatic rings. The van der Waals surface area contributed by atoms with E-state index in [-0.39, 0.29) is 11.3 Å². The quantitative estimate of drug-likeness (QED) is 0.431. The van der Waals surface area contributed by atoms with Gasteiger partial charge in [0.1, 0.15) is 11.4 Å². The number of anilines is 2. The molecule has 0 aliphatic heterocycles. The summed E-state index contributed by atoms with van der Waals surface area (Å²) in [6.07, 6.45) is -4.79. The van der Waals surface area contributed by atoms with Crippen LogP contribution in [-0.2, 0) is 0 Å². The molecule has 0 bridgehead atoms. The minimum Gasteiger partial charge on any atom is -0.478 e. The molecule has 0 amide bonds. The summed E-state index contributed by atoms with van der Waals surface area (Å²) in [5, 5.41) is 21.9. The van der Waals surface area contributed by atoms with Crippen LogP contribution in [0.15, 0.2) is 72.8 Å². The summed E-state index contributed by atoms with van der Waals surface area (Å²) in [5.41, 5.74) is 1.73. The molecule has 0 unspecified atom stereocenters. The monoisotopic (exact) mass is 425 g/mol. The van der Waals surface area contributed by atoms with Gasteiger partial charge in [0.15, 0.2) is 5.82 Å². The molecule has 0 radical (unpaired) electrons. The third kappa shape index (κ3) is 4.55. The fraction of sp³-hybridized carbons (Fsp3) is 0.0455. The van der Waals surface area contributed by atoms with Crippen LogP contribution in [0, 0.1) is 0 Å². The Hall–Kier alpha value is -4.14. The van der Waals surface area contributed by atoms with Gasteiger partial charge in [-0.2, -0.15) is 0 Å². The molecule has 0 saturated carbocycles. The van der Waals surface area contributed by atoms with Crippen molar-refractivity contribution in [3.63, 3.8) is 0 Å². The number of benzene rings is 3. The zero-order chi connectivity index (χ0) is 22.0. The van der Waals surface area contributed by atoms with Crippen molar-refractivity contribution in [2.24, 2.45) is 0 Å². The molecule has 2 N–H and O–H groups in total. The number of aromatic carboxylic acids is 1. The number of nitrogens with zero attached hydrogens (tertiary/aromatic N) is 2. The maximum atomic E-state index is 12.5. The number of fused-ring (bicyclic) bond motifs is 1. The molecule has 1 heterocycles. The number of carboxylic acid groups (broad SMARTS) is 1. The SMILES string of the molecule is O=C(O)c1ccc(-c2nnc(Nc3cccc(OC(F)(F)F)c3)c3ccccc23)cc1. The molecule has 9 heteroatoms. The van der Waals surface area contributed by atoms with Crippen LogP contribution in [0.3, 0.4) is 0 Å². The van der Waals surface area contributed by atoms with Gasteiger partial charge in [0.05, 0.1) is 5.56 Å². The van der Waals surface area contributed by atoms with Crippen LogP contribution in [0.5, 0.6) is 5.75 Å². The summed E-state index contributed by atoms with van der Waals surface area (Å²) in [7, 11) is 0. The summed E-state index contributed by atoms with van der Waals surface area (Å²) in [4.78, 5) is 11.1. The second-order valence-electron chi connectivity index (χ2n) is 6.53. The van der Waals surface area contributed by atoms with Crippen LogP contribution >= 0.6 is 0 Å². The van der Waals surface area contributed by atoms with Crippen molar-refractivity contribution in [3.05, 3.63) is 78.4 Å². The van der Waals surface area contributed by atoms with Gasteiger partial charge >= 0.3 is 12.3 Å². The lowest BCUT2D eigenvalue weighted by Gasteiger charge is -2.13. The number of ether oxygens (including phenoxy) is 1. The van der Waals surface area contributed by atoms with Crippen molar-refractivity contribution < 1.29 is 27.8 Å². The maximum absolute atomic E-state index is 12.5. The Kier molecular flexibility index (Phi) is 5.16. The fourth-order valence-corrected chi connectivity index (χ4v) is 3.09. The van der Waals surface area contributed by atoms with Gasteiger partial charge < -0.3 is 15.2 Å². The summed E-state index contributed by atoms with van der Waals surface area (Å²) in [6, 6.07) is 18.9. The number of hydrogen-bond acceptors (Lipinski definition) is 5. The van der Waals surface area contributed by atoms with Crippen LogP contribution in [0.25, 0.3) is 22.0 Å². The van der Waals surface area contributed by atoms with E-state index in [2.05, 4.69) is 20.3 Å². The lowest BCUT2D eigenvalue weighted by Crippen LogP contribution is -2.17. The topological polar surface area (TPSA) is 84.3 Å². The van der Waals surface area contributed by atoms with Crippen molar-refractivity contribution in [3.8, 4) is 17.0 Å². The van der Waals surface area contributed by atoms with Crippen LogP contribution in [-0.4, -0.2) is 27.6 Å². The minimum atomic E-state index is -4.79. The average molecular weight is 425 g/mol. The molecule has 1 aromatic heterocycles. The van der Waals surface area contributed by atoms with E-state index in [9.17, 15) is 18.0 Å². The Morgan fingerprint density at radius 3 is 2.29 bits per heavy atom. The Bertz CT molecular complexity index is 1260. The number of aromatic nitrogens is 2. The number of rotatable bonds is 5. The normalized spacial score (nSPS) is 11.3. The molecule has 0 saturated heterocycles.